The summed E-state index contributed by atoms with van der Waals surface area (Å²) in [5.74, 6) is -0.679. The van der Waals surface area contributed by atoms with Crippen LogP contribution >= 0.6 is 0 Å². The third-order valence-corrected chi connectivity index (χ3v) is 2.63. The molecule has 0 fully saturated rings. The number of amides is 1. The number of hydrogen-bond acceptors (Lipinski definition) is 4. The van der Waals surface area contributed by atoms with Gasteiger partial charge in [-0.05, 0) is 24.3 Å². The van der Waals surface area contributed by atoms with Crippen LogP contribution in [0, 0.1) is 0 Å². The first kappa shape index (κ1) is 14.0. The monoisotopic (exact) mass is 285 g/mol. The predicted molar refractivity (Wildman–Crippen MR) is 62.2 cm³/mol. The molecule has 1 aromatic carbocycles. The third-order valence-electron chi connectivity index (χ3n) is 2.63. The van der Waals surface area contributed by atoms with E-state index < -0.39 is 23.7 Å². The van der Waals surface area contributed by atoms with Gasteiger partial charge in [-0.15, -0.1) is 10.2 Å². The Morgan fingerprint density at radius 2 is 2.10 bits per heavy atom. The largest absolute Gasteiger partial charge is 0.416 e. The van der Waals surface area contributed by atoms with Crippen molar-refractivity contribution in [3.8, 4) is 11.4 Å². The molecule has 0 bridgehead atoms. The molecule has 0 aliphatic heterocycles. The number of carbonyl (C=O) groups excluding carboxylic acids is 1. The number of halogens is 3. The zero-order valence-electron chi connectivity index (χ0n) is 10.3. The van der Waals surface area contributed by atoms with Crippen LogP contribution in [0.5, 0.6) is 0 Å². The molecule has 1 amide bonds. The van der Waals surface area contributed by atoms with Crippen LogP contribution in [0.15, 0.2) is 24.3 Å². The molecule has 0 unspecified atom stereocenters. The summed E-state index contributed by atoms with van der Waals surface area (Å²) in [5.41, 5.74) is 4.43. The molecule has 0 radical (unpaired) electrons. The fourth-order valence-corrected chi connectivity index (χ4v) is 1.45. The molecule has 2 rings (SSSR count). The van der Waals surface area contributed by atoms with Crippen LogP contribution in [0.3, 0.4) is 0 Å². The summed E-state index contributed by atoms with van der Waals surface area (Å²) in [5, 5.41) is 11.1. The minimum absolute atomic E-state index is 0.01000. The third kappa shape index (κ3) is 2.76. The summed E-state index contributed by atoms with van der Waals surface area (Å²) in [6.45, 7) is 1.46. The maximum Gasteiger partial charge on any atom is 0.416 e. The topological polar surface area (TPSA) is 86.7 Å². The molecular weight excluding hydrogens is 275 g/mol. The van der Waals surface area contributed by atoms with Crippen molar-refractivity contribution in [1.29, 1.82) is 0 Å². The standard InChI is InChI=1S/C11H10F3N5O/c1-6(9(15)20)19-17-10(16-18-19)7-3-2-4-8(5-7)11(12,13)14/h2-6H,1H3,(H2,15,20)/t6-/m1/s1. The second-order valence-electron chi connectivity index (χ2n) is 4.09. The summed E-state index contributed by atoms with van der Waals surface area (Å²) in [6, 6.07) is 3.69. The normalized spacial score (nSPS) is 13.2. The molecule has 0 saturated heterocycles. The fraction of sp³-hybridized carbons (Fsp3) is 0.273. The van der Waals surface area contributed by atoms with Crippen molar-refractivity contribution in [2.45, 2.75) is 19.1 Å². The SMILES string of the molecule is C[C@H](C(N)=O)n1nnc(-c2cccc(C(F)(F)F)c2)n1. The Morgan fingerprint density at radius 1 is 1.40 bits per heavy atom. The highest BCUT2D eigenvalue weighted by Crippen LogP contribution is 2.31. The summed E-state index contributed by atoms with van der Waals surface area (Å²) in [6.07, 6.45) is -4.45. The second kappa shape index (κ2) is 4.91. The Kier molecular flexibility index (Phi) is 3.43. The number of carbonyl (C=O) groups is 1. The van der Waals surface area contributed by atoms with Gasteiger partial charge in [-0.3, -0.25) is 4.79 Å². The van der Waals surface area contributed by atoms with E-state index in [0.29, 0.717) is 0 Å². The fourth-order valence-electron chi connectivity index (χ4n) is 1.45. The lowest BCUT2D eigenvalue weighted by atomic mass is 10.1. The summed E-state index contributed by atoms with van der Waals surface area (Å²) < 4.78 is 37.8. The molecule has 1 aromatic heterocycles. The molecule has 0 spiro atoms. The van der Waals surface area contributed by atoms with E-state index in [0.717, 1.165) is 16.9 Å². The van der Waals surface area contributed by atoms with Crippen molar-refractivity contribution >= 4 is 5.91 Å². The van der Waals surface area contributed by atoms with Gasteiger partial charge in [0, 0.05) is 5.56 Å². The van der Waals surface area contributed by atoms with Gasteiger partial charge >= 0.3 is 6.18 Å². The highest BCUT2D eigenvalue weighted by atomic mass is 19.4. The maximum atomic E-state index is 12.6. The first-order valence-corrected chi connectivity index (χ1v) is 5.55. The second-order valence-corrected chi connectivity index (χ2v) is 4.09. The highest BCUT2D eigenvalue weighted by molar-refractivity contribution is 5.77. The zero-order valence-corrected chi connectivity index (χ0v) is 10.3. The first-order valence-electron chi connectivity index (χ1n) is 5.55. The van der Waals surface area contributed by atoms with Gasteiger partial charge in [-0.2, -0.15) is 18.0 Å². The highest BCUT2D eigenvalue weighted by Gasteiger charge is 2.30. The summed E-state index contributed by atoms with van der Waals surface area (Å²) in [7, 11) is 0. The molecule has 2 N–H and O–H groups in total. The van der Waals surface area contributed by atoms with Crippen LogP contribution in [0.2, 0.25) is 0 Å². The number of primary amides is 1. The van der Waals surface area contributed by atoms with Gasteiger partial charge < -0.3 is 5.73 Å². The van der Waals surface area contributed by atoms with Gasteiger partial charge in [0.05, 0.1) is 5.56 Å². The number of alkyl halides is 3. The number of nitrogens with two attached hydrogens (primary N) is 1. The lowest BCUT2D eigenvalue weighted by Gasteiger charge is -2.06. The summed E-state index contributed by atoms with van der Waals surface area (Å²) >= 11 is 0. The molecule has 1 atom stereocenters. The average molecular weight is 285 g/mol. The van der Waals surface area contributed by atoms with Crippen LogP contribution in [0.4, 0.5) is 13.2 Å². The van der Waals surface area contributed by atoms with Crippen molar-refractivity contribution in [3.05, 3.63) is 29.8 Å². The van der Waals surface area contributed by atoms with Crippen molar-refractivity contribution in [2.75, 3.05) is 0 Å². The predicted octanol–water partition coefficient (Wildman–Crippen LogP) is 1.41. The Bertz CT molecular complexity index is 637. The average Bonchev–Trinajstić information content (AvgIpc) is 2.86. The number of benzene rings is 1. The summed E-state index contributed by atoms with van der Waals surface area (Å²) in [4.78, 5) is 11.9. The Labute approximate surface area is 111 Å². The minimum Gasteiger partial charge on any atom is -0.368 e. The van der Waals surface area contributed by atoms with Crippen LogP contribution in [0.25, 0.3) is 11.4 Å². The van der Waals surface area contributed by atoms with Crippen LogP contribution in [-0.4, -0.2) is 26.1 Å². The molecule has 1 heterocycles. The van der Waals surface area contributed by atoms with E-state index >= 15 is 0 Å². The molecule has 106 valence electrons. The molecule has 9 heteroatoms. The van der Waals surface area contributed by atoms with Crippen LogP contribution in [0.1, 0.15) is 18.5 Å². The number of tetrazole rings is 1. The Balaban J connectivity index is 2.36. The van der Waals surface area contributed by atoms with E-state index in [9.17, 15) is 18.0 Å². The lowest BCUT2D eigenvalue weighted by Crippen LogP contribution is -2.25. The van der Waals surface area contributed by atoms with Crippen LogP contribution in [-0.2, 0) is 11.0 Å². The van der Waals surface area contributed by atoms with Gasteiger partial charge in [0.15, 0.2) is 0 Å². The van der Waals surface area contributed by atoms with Crippen molar-refractivity contribution in [2.24, 2.45) is 5.73 Å². The molecule has 0 saturated carbocycles. The lowest BCUT2D eigenvalue weighted by molar-refractivity contribution is -0.137. The number of aromatic nitrogens is 4. The quantitative estimate of drug-likeness (QED) is 0.923. The van der Waals surface area contributed by atoms with Gasteiger partial charge in [0.2, 0.25) is 11.7 Å². The minimum atomic E-state index is -4.45. The maximum absolute atomic E-state index is 12.6. The van der Waals surface area contributed by atoms with E-state index in [1.807, 2.05) is 0 Å². The molecule has 0 aliphatic rings. The number of nitrogens with zero attached hydrogens (tertiary/aromatic N) is 4. The molecule has 0 aliphatic carbocycles. The van der Waals surface area contributed by atoms with Gasteiger partial charge in [-0.25, -0.2) is 0 Å². The number of rotatable bonds is 3. The first-order chi connectivity index (χ1) is 9.29. The zero-order chi connectivity index (χ0) is 14.9. The van der Waals surface area contributed by atoms with Crippen LogP contribution < -0.4 is 5.73 Å². The van der Waals surface area contributed by atoms with E-state index in [1.165, 1.54) is 19.1 Å². The molecule has 20 heavy (non-hydrogen) atoms. The van der Waals surface area contributed by atoms with Gasteiger partial charge in [0.1, 0.15) is 6.04 Å². The van der Waals surface area contributed by atoms with E-state index in [2.05, 4.69) is 15.4 Å². The van der Waals surface area contributed by atoms with Crippen molar-refractivity contribution in [3.63, 3.8) is 0 Å². The van der Waals surface area contributed by atoms with E-state index in [4.69, 9.17) is 5.73 Å². The van der Waals surface area contributed by atoms with E-state index in [-0.39, 0.29) is 11.4 Å². The van der Waals surface area contributed by atoms with Crippen molar-refractivity contribution in [1.82, 2.24) is 20.2 Å². The smallest absolute Gasteiger partial charge is 0.368 e. The molecular formula is C11H10F3N5O. The van der Waals surface area contributed by atoms with Gasteiger partial charge in [0.25, 0.3) is 0 Å². The Morgan fingerprint density at radius 3 is 2.70 bits per heavy atom. The van der Waals surface area contributed by atoms with Crippen molar-refractivity contribution < 1.29 is 18.0 Å². The molecule has 6 nitrogen and oxygen atoms in total. The number of hydrogen-bond donors (Lipinski definition) is 1. The Hall–Kier alpha value is -2.45. The molecule has 2 aromatic rings. The van der Waals surface area contributed by atoms with E-state index in [1.54, 1.807) is 0 Å². The van der Waals surface area contributed by atoms with Gasteiger partial charge in [-0.1, -0.05) is 12.1 Å².